The lowest BCUT2D eigenvalue weighted by molar-refractivity contribution is -0.121. The van der Waals surface area contributed by atoms with E-state index >= 15 is 0 Å². The summed E-state index contributed by atoms with van der Waals surface area (Å²) in [5.41, 5.74) is 8.56. The Labute approximate surface area is 233 Å². The molecule has 1 saturated heterocycles. The fourth-order valence-corrected chi connectivity index (χ4v) is 7.06. The first-order valence-electron chi connectivity index (χ1n) is 13.1. The van der Waals surface area contributed by atoms with Crippen molar-refractivity contribution in [2.75, 3.05) is 20.2 Å². The highest BCUT2D eigenvalue weighted by Crippen LogP contribution is 2.47. The van der Waals surface area contributed by atoms with Crippen molar-refractivity contribution in [2.24, 2.45) is 21.1 Å². The van der Waals surface area contributed by atoms with E-state index in [0.29, 0.717) is 41.9 Å². The lowest BCUT2D eigenvalue weighted by Gasteiger charge is -2.46. The number of Topliss-reactive ketones (excluding diaryl/α,β-unsaturated/α-hetero) is 1. The molecule has 2 aliphatic heterocycles. The number of methoxy groups -OCH3 is 1. The molecule has 40 heavy (non-hydrogen) atoms. The molecule has 0 amide bonds. The van der Waals surface area contributed by atoms with E-state index in [9.17, 15) is 17.6 Å². The second kappa shape index (κ2) is 11.4. The number of ether oxygens (including phenoxy) is 1. The van der Waals surface area contributed by atoms with Crippen LogP contribution in [0.1, 0.15) is 31.2 Å². The lowest BCUT2D eigenvalue weighted by Crippen LogP contribution is -2.54. The number of hydrogen-bond acceptors (Lipinski definition) is 7. The van der Waals surface area contributed by atoms with Gasteiger partial charge in [-0.25, -0.2) is 17.8 Å². The van der Waals surface area contributed by atoms with Crippen LogP contribution < -0.4 is 5.73 Å². The van der Waals surface area contributed by atoms with Crippen LogP contribution in [0.4, 0.5) is 10.1 Å². The van der Waals surface area contributed by atoms with Crippen molar-refractivity contribution >= 4 is 32.9 Å². The van der Waals surface area contributed by atoms with Crippen molar-refractivity contribution in [3.05, 3.63) is 95.6 Å². The third kappa shape index (κ3) is 5.34. The van der Waals surface area contributed by atoms with Crippen LogP contribution in [0.3, 0.4) is 0 Å². The number of allylic oxidation sites excluding steroid dienone is 3. The largest absolute Gasteiger partial charge is 0.404 e. The monoisotopic (exact) mass is 562 g/mol. The Bertz CT molecular complexity index is 1570. The molecule has 1 fully saturated rings. The molecule has 208 valence electrons. The SMILES string of the molecule is COCc1cccc(S(=O)(=O)N2CCC3=CC(=Nc4ccc(F)cc4)C(=CN)C[C@]3(C(=O)C3=NC=CCC3)C2)c1. The Kier molecular flexibility index (Phi) is 7.93. The molecule has 5 rings (SSSR count). The van der Waals surface area contributed by atoms with Gasteiger partial charge in [0.25, 0.3) is 0 Å². The summed E-state index contributed by atoms with van der Waals surface area (Å²) >= 11 is 0. The molecule has 3 aliphatic rings. The highest BCUT2D eigenvalue weighted by molar-refractivity contribution is 7.89. The van der Waals surface area contributed by atoms with Crippen molar-refractivity contribution < 1.29 is 22.3 Å². The van der Waals surface area contributed by atoms with Gasteiger partial charge in [-0.1, -0.05) is 23.8 Å². The second-order valence-electron chi connectivity index (χ2n) is 10.1. The van der Waals surface area contributed by atoms with Crippen LogP contribution in [0.25, 0.3) is 0 Å². The molecule has 0 radical (unpaired) electrons. The number of sulfonamides is 1. The third-order valence-corrected chi connectivity index (χ3v) is 9.37. The molecule has 2 heterocycles. The Morgan fingerprint density at radius 1 is 1.23 bits per heavy atom. The van der Waals surface area contributed by atoms with Crippen molar-refractivity contribution in [3.8, 4) is 0 Å². The fraction of sp³-hybridized carbons (Fsp3) is 0.300. The van der Waals surface area contributed by atoms with Crippen LogP contribution in [0.2, 0.25) is 0 Å². The third-order valence-electron chi connectivity index (χ3n) is 7.53. The maximum absolute atomic E-state index is 14.2. The van der Waals surface area contributed by atoms with E-state index < -0.39 is 15.4 Å². The molecule has 0 aromatic heterocycles. The standard InChI is InChI=1S/C30H31FN4O4S/c1-39-19-21-5-4-6-26(15-21)40(37,38)35-14-12-23-16-28(34-25-10-8-24(31)9-11-25)22(18-32)17-30(23,20-35)29(36)27-7-2-3-13-33-27/h3-6,8-11,13,15-16,18H,2,7,12,14,17,19-20,32H2,1H3/t30-/m0/s1. The number of nitrogens with zero attached hydrogens (tertiary/aromatic N) is 3. The van der Waals surface area contributed by atoms with E-state index in [2.05, 4.69) is 9.98 Å². The highest BCUT2D eigenvalue weighted by atomic mass is 32.2. The molecule has 0 spiro atoms. The first kappa shape index (κ1) is 27.8. The first-order valence-corrected chi connectivity index (χ1v) is 14.5. The summed E-state index contributed by atoms with van der Waals surface area (Å²) in [6.45, 7) is 0.445. The smallest absolute Gasteiger partial charge is 0.243 e. The number of piperidine rings is 1. The highest BCUT2D eigenvalue weighted by Gasteiger charge is 2.52. The zero-order chi connectivity index (χ0) is 28.3. The van der Waals surface area contributed by atoms with Gasteiger partial charge in [0.1, 0.15) is 5.82 Å². The van der Waals surface area contributed by atoms with Crippen molar-refractivity contribution in [1.82, 2.24) is 4.31 Å². The minimum absolute atomic E-state index is 0.0432. The Balaban J connectivity index is 1.58. The Morgan fingerprint density at radius 2 is 2.02 bits per heavy atom. The number of benzene rings is 2. The number of fused-ring (bicyclic) bond motifs is 1. The average molecular weight is 563 g/mol. The van der Waals surface area contributed by atoms with Gasteiger partial charge in [-0.3, -0.25) is 9.79 Å². The normalized spacial score (nSPS) is 23.6. The van der Waals surface area contributed by atoms with Gasteiger partial charge in [0.05, 0.1) is 34.0 Å². The zero-order valence-electron chi connectivity index (χ0n) is 22.2. The number of carbonyl (C=O) groups excluding carboxylic acids is 1. The average Bonchev–Trinajstić information content (AvgIpc) is 2.98. The van der Waals surface area contributed by atoms with E-state index in [1.807, 2.05) is 12.2 Å². The molecule has 8 nitrogen and oxygen atoms in total. The maximum atomic E-state index is 14.2. The first-order chi connectivity index (χ1) is 19.3. The Hall–Kier alpha value is -3.73. The number of ketones is 1. The van der Waals surface area contributed by atoms with Crippen molar-refractivity contribution in [1.29, 1.82) is 0 Å². The lowest BCUT2D eigenvalue weighted by atomic mass is 9.63. The van der Waals surface area contributed by atoms with Crippen LogP contribution in [-0.4, -0.2) is 50.1 Å². The summed E-state index contributed by atoms with van der Waals surface area (Å²) in [5.74, 6) is -0.565. The molecule has 0 bridgehead atoms. The van der Waals surface area contributed by atoms with Gasteiger partial charge in [-0.05, 0) is 85.5 Å². The van der Waals surface area contributed by atoms with E-state index in [1.54, 1.807) is 49.7 Å². The summed E-state index contributed by atoms with van der Waals surface area (Å²) in [7, 11) is -2.37. The quantitative estimate of drug-likeness (QED) is 0.529. The van der Waals surface area contributed by atoms with Crippen molar-refractivity contribution in [3.63, 3.8) is 0 Å². The summed E-state index contributed by atoms with van der Waals surface area (Å²) in [6.07, 6.45) is 8.45. The molecular formula is C30H31FN4O4S. The van der Waals surface area contributed by atoms with Crippen LogP contribution in [0, 0.1) is 11.2 Å². The molecule has 0 saturated carbocycles. The summed E-state index contributed by atoms with van der Waals surface area (Å²) in [4.78, 5) is 23.4. The molecule has 10 heteroatoms. The van der Waals surface area contributed by atoms with Gasteiger partial charge in [0.15, 0.2) is 5.78 Å². The van der Waals surface area contributed by atoms with Gasteiger partial charge >= 0.3 is 0 Å². The molecule has 1 atom stereocenters. The number of hydrogen-bond donors (Lipinski definition) is 1. The number of aliphatic imine (C=N–C) groups is 2. The van der Waals surface area contributed by atoms with E-state index in [4.69, 9.17) is 10.5 Å². The van der Waals surface area contributed by atoms with Crippen LogP contribution in [0.5, 0.6) is 0 Å². The molecule has 2 aromatic rings. The minimum atomic E-state index is -3.92. The van der Waals surface area contributed by atoms with Crippen LogP contribution >= 0.6 is 0 Å². The van der Waals surface area contributed by atoms with Gasteiger partial charge in [0.2, 0.25) is 10.0 Å². The molecule has 0 unspecified atom stereocenters. The molecule has 1 aliphatic carbocycles. The van der Waals surface area contributed by atoms with Crippen molar-refractivity contribution in [2.45, 2.75) is 37.2 Å². The van der Waals surface area contributed by atoms with E-state index in [0.717, 1.165) is 11.1 Å². The molecular weight excluding hydrogens is 531 g/mol. The Morgan fingerprint density at radius 3 is 2.73 bits per heavy atom. The predicted octanol–water partition coefficient (Wildman–Crippen LogP) is 4.62. The number of carbonyl (C=O) groups is 1. The number of rotatable bonds is 7. The zero-order valence-corrected chi connectivity index (χ0v) is 23.0. The fourth-order valence-electron chi connectivity index (χ4n) is 5.49. The van der Waals surface area contributed by atoms with Gasteiger partial charge < -0.3 is 10.5 Å². The maximum Gasteiger partial charge on any atom is 0.243 e. The summed E-state index contributed by atoms with van der Waals surface area (Å²) < 4.78 is 47.8. The molecule has 2 aromatic carbocycles. The summed E-state index contributed by atoms with van der Waals surface area (Å²) in [6, 6.07) is 12.5. The number of halogens is 1. The van der Waals surface area contributed by atoms with Gasteiger partial charge in [-0.15, -0.1) is 0 Å². The van der Waals surface area contributed by atoms with Crippen LogP contribution in [0.15, 0.2) is 99.1 Å². The van der Waals surface area contributed by atoms with Gasteiger partial charge in [0, 0.05) is 26.4 Å². The van der Waals surface area contributed by atoms with E-state index in [1.165, 1.54) is 22.6 Å². The van der Waals surface area contributed by atoms with E-state index in [-0.39, 0.29) is 42.6 Å². The topological polar surface area (TPSA) is 114 Å². The van der Waals surface area contributed by atoms with Crippen LogP contribution in [-0.2, 0) is 26.2 Å². The molecule has 2 N–H and O–H groups in total. The minimum Gasteiger partial charge on any atom is -0.404 e. The second-order valence-corrected chi connectivity index (χ2v) is 12.0. The predicted molar refractivity (Wildman–Crippen MR) is 152 cm³/mol. The van der Waals surface area contributed by atoms with Gasteiger partial charge in [-0.2, -0.15) is 4.31 Å². The number of nitrogens with two attached hydrogens (primary N) is 1. The summed E-state index contributed by atoms with van der Waals surface area (Å²) in [5, 5.41) is 0.